The first-order valence-electron chi connectivity index (χ1n) is 8.01. The van der Waals surface area contributed by atoms with E-state index in [0.29, 0.717) is 31.6 Å². The summed E-state index contributed by atoms with van der Waals surface area (Å²) in [5.41, 5.74) is 0.676. The summed E-state index contributed by atoms with van der Waals surface area (Å²) in [6, 6.07) is 5.39. The third kappa shape index (κ3) is 4.72. The minimum Gasteiger partial charge on any atom is -0.406 e. The van der Waals surface area contributed by atoms with E-state index in [4.69, 9.17) is 4.74 Å². The Morgan fingerprint density at radius 2 is 1.96 bits per heavy atom. The van der Waals surface area contributed by atoms with Crippen molar-refractivity contribution in [3.63, 3.8) is 0 Å². The number of nitrogens with one attached hydrogen (secondary N) is 1. The molecule has 1 amide bonds. The van der Waals surface area contributed by atoms with Gasteiger partial charge in [-0.1, -0.05) is 12.1 Å². The zero-order valence-electron chi connectivity index (χ0n) is 13.7. The number of ether oxygens (including phenoxy) is 2. The van der Waals surface area contributed by atoms with Crippen molar-refractivity contribution in [2.24, 2.45) is 0 Å². The molecule has 2 heterocycles. The van der Waals surface area contributed by atoms with Gasteiger partial charge in [0, 0.05) is 25.8 Å². The van der Waals surface area contributed by atoms with Crippen LogP contribution in [-0.4, -0.2) is 51.6 Å². The summed E-state index contributed by atoms with van der Waals surface area (Å²) in [5.74, 6) is -0.596. The van der Waals surface area contributed by atoms with E-state index >= 15 is 0 Å². The Morgan fingerprint density at radius 1 is 1.27 bits per heavy atom. The van der Waals surface area contributed by atoms with Crippen LogP contribution in [0, 0.1) is 0 Å². The Labute approximate surface area is 147 Å². The lowest BCUT2D eigenvalue weighted by Crippen LogP contribution is -2.43. The van der Waals surface area contributed by atoms with Crippen molar-refractivity contribution in [1.82, 2.24) is 20.1 Å². The quantitative estimate of drug-likeness (QED) is 0.875. The Bertz CT molecular complexity index is 713. The second-order valence-corrected chi connectivity index (χ2v) is 5.79. The summed E-state index contributed by atoms with van der Waals surface area (Å²) >= 11 is 0. The molecule has 0 atom stereocenters. The van der Waals surface area contributed by atoms with Crippen LogP contribution in [0.5, 0.6) is 5.75 Å². The van der Waals surface area contributed by atoms with Crippen molar-refractivity contribution in [2.75, 3.05) is 13.2 Å². The van der Waals surface area contributed by atoms with Gasteiger partial charge in [-0.05, 0) is 30.5 Å². The number of hydrogen-bond donors (Lipinski definition) is 1. The Kier molecular flexibility index (Phi) is 5.40. The monoisotopic (exact) mass is 370 g/mol. The maximum absolute atomic E-state index is 12.7. The van der Waals surface area contributed by atoms with Gasteiger partial charge in [-0.3, -0.25) is 9.89 Å². The number of aromatic nitrogens is 3. The first kappa shape index (κ1) is 18.2. The van der Waals surface area contributed by atoms with E-state index in [-0.39, 0.29) is 30.1 Å². The summed E-state index contributed by atoms with van der Waals surface area (Å²) in [7, 11) is 0. The van der Waals surface area contributed by atoms with Gasteiger partial charge in [0.25, 0.3) is 5.91 Å². The number of halogens is 3. The smallest absolute Gasteiger partial charge is 0.406 e. The molecule has 1 saturated heterocycles. The molecule has 26 heavy (non-hydrogen) atoms. The van der Waals surface area contributed by atoms with Gasteiger partial charge in [-0.15, -0.1) is 18.3 Å². The summed E-state index contributed by atoms with van der Waals surface area (Å²) in [6.45, 7) is 1.31. The van der Waals surface area contributed by atoms with Crippen molar-refractivity contribution >= 4 is 5.91 Å². The lowest BCUT2D eigenvalue weighted by atomic mass is 10.1. The first-order valence-corrected chi connectivity index (χ1v) is 8.01. The molecule has 2 aromatic rings. The zero-order valence-corrected chi connectivity index (χ0v) is 13.7. The lowest BCUT2D eigenvalue weighted by Gasteiger charge is -2.33. The van der Waals surface area contributed by atoms with Gasteiger partial charge < -0.3 is 14.4 Å². The van der Waals surface area contributed by atoms with Crippen LogP contribution in [0.15, 0.2) is 30.6 Å². The molecule has 0 aliphatic carbocycles. The van der Waals surface area contributed by atoms with Crippen LogP contribution in [0.4, 0.5) is 13.2 Å². The van der Waals surface area contributed by atoms with Crippen molar-refractivity contribution in [3.05, 3.63) is 42.0 Å². The molecule has 1 aromatic heterocycles. The van der Waals surface area contributed by atoms with E-state index in [0.717, 1.165) is 0 Å². The number of alkyl halides is 3. The van der Waals surface area contributed by atoms with Crippen LogP contribution in [-0.2, 0) is 11.3 Å². The van der Waals surface area contributed by atoms with E-state index in [2.05, 4.69) is 19.9 Å². The molecule has 1 fully saturated rings. The maximum atomic E-state index is 12.7. The van der Waals surface area contributed by atoms with Crippen molar-refractivity contribution in [2.45, 2.75) is 31.8 Å². The number of benzene rings is 1. The SMILES string of the molecule is O=C(c1nc[nH]n1)N(Cc1ccc(OC(F)(F)F)cc1)C1CCOCC1. The molecule has 140 valence electrons. The molecule has 10 heteroatoms. The molecule has 0 bridgehead atoms. The molecular formula is C16H17F3N4O3. The second kappa shape index (κ2) is 7.73. The van der Waals surface area contributed by atoms with Crippen molar-refractivity contribution in [1.29, 1.82) is 0 Å². The second-order valence-electron chi connectivity index (χ2n) is 5.79. The van der Waals surface area contributed by atoms with Gasteiger partial charge in [0.1, 0.15) is 12.1 Å². The largest absolute Gasteiger partial charge is 0.573 e. The molecule has 0 saturated carbocycles. The Morgan fingerprint density at radius 3 is 2.54 bits per heavy atom. The number of aromatic amines is 1. The third-order valence-electron chi connectivity index (χ3n) is 4.01. The predicted octanol–water partition coefficient (Wildman–Crippen LogP) is 2.52. The summed E-state index contributed by atoms with van der Waals surface area (Å²) in [6.07, 6.45) is -2.08. The van der Waals surface area contributed by atoms with Gasteiger partial charge in [0.15, 0.2) is 0 Å². The maximum Gasteiger partial charge on any atom is 0.573 e. The van der Waals surface area contributed by atoms with E-state index in [1.807, 2.05) is 0 Å². The average Bonchev–Trinajstić information content (AvgIpc) is 3.15. The Hall–Kier alpha value is -2.62. The van der Waals surface area contributed by atoms with Gasteiger partial charge >= 0.3 is 6.36 Å². The molecule has 1 aromatic carbocycles. The highest BCUT2D eigenvalue weighted by Crippen LogP contribution is 2.24. The topological polar surface area (TPSA) is 80.3 Å². The minimum atomic E-state index is -4.74. The van der Waals surface area contributed by atoms with E-state index in [9.17, 15) is 18.0 Å². The standard InChI is InChI=1S/C16H17F3N4O3/c17-16(18,19)26-13-3-1-11(2-4-13)9-23(12-5-7-25-8-6-12)15(24)14-20-10-21-22-14/h1-4,10,12H,5-9H2,(H,20,21,22). The van der Waals surface area contributed by atoms with Gasteiger partial charge in [-0.25, -0.2) is 4.98 Å². The number of H-pyrrole nitrogens is 1. The fourth-order valence-electron chi connectivity index (χ4n) is 2.80. The lowest BCUT2D eigenvalue weighted by molar-refractivity contribution is -0.274. The van der Waals surface area contributed by atoms with Crippen LogP contribution in [0.25, 0.3) is 0 Å². The summed E-state index contributed by atoms with van der Waals surface area (Å²) in [5, 5.41) is 6.33. The van der Waals surface area contributed by atoms with Crippen LogP contribution in [0.2, 0.25) is 0 Å². The molecule has 1 N–H and O–H groups in total. The molecule has 3 rings (SSSR count). The highest BCUT2D eigenvalue weighted by atomic mass is 19.4. The van der Waals surface area contributed by atoms with Crippen molar-refractivity contribution < 1.29 is 27.4 Å². The molecule has 0 unspecified atom stereocenters. The van der Waals surface area contributed by atoms with Gasteiger partial charge in [0.05, 0.1) is 0 Å². The number of rotatable bonds is 5. The normalized spacial score (nSPS) is 15.7. The van der Waals surface area contributed by atoms with Gasteiger partial charge in [0.2, 0.25) is 5.82 Å². The first-order chi connectivity index (χ1) is 12.4. The van der Waals surface area contributed by atoms with E-state index < -0.39 is 6.36 Å². The number of hydrogen-bond acceptors (Lipinski definition) is 5. The third-order valence-corrected chi connectivity index (χ3v) is 4.01. The number of amides is 1. The van der Waals surface area contributed by atoms with Gasteiger partial charge in [-0.2, -0.15) is 0 Å². The molecule has 7 nitrogen and oxygen atoms in total. The number of carbonyl (C=O) groups is 1. The van der Waals surface area contributed by atoms with Crippen LogP contribution in [0.3, 0.4) is 0 Å². The number of nitrogens with zero attached hydrogens (tertiary/aromatic N) is 3. The molecule has 0 radical (unpaired) electrons. The molecular weight excluding hydrogens is 353 g/mol. The zero-order chi connectivity index (χ0) is 18.6. The van der Waals surface area contributed by atoms with Crippen LogP contribution < -0.4 is 4.74 Å². The number of carbonyl (C=O) groups excluding carboxylic acids is 1. The minimum absolute atomic E-state index is 0.0496. The van der Waals surface area contributed by atoms with E-state index in [1.54, 1.807) is 4.90 Å². The molecule has 1 aliphatic rings. The van der Waals surface area contributed by atoms with Crippen molar-refractivity contribution in [3.8, 4) is 5.75 Å². The molecule has 1 aliphatic heterocycles. The highest BCUT2D eigenvalue weighted by Gasteiger charge is 2.31. The van der Waals surface area contributed by atoms with E-state index in [1.165, 1.54) is 30.6 Å². The summed E-state index contributed by atoms with van der Waals surface area (Å²) in [4.78, 5) is 18.3. The Balaban J connectivity index is 1.75. The average molecular weight is 370 g/mol. The summed E-state index contributed by atoms with van der Waals surface area (Å²) < 4.78 is 46.0. The molecule has 0 spiro atoms. The van der Waals surface area contributed by atoms with Crippen LogP contribution >= 0.6 is 0 Å². The fourth-order valence-corrected chi connectivity index (χ4v) is 2.80. The predicted molar refractivity (Wildman–Crippen MR) is 83.2 cm³/mol. The highest BCUT2D eigenvalue weighted by molar-refractivity contribution is 5.90. The fraction of sp³-hybridized carbons (Fsp3) is 0.438. The van der Waals surface area contributed by atoms with Crippen LogP contribution in [0.1, 0.15) is 29.0 Å².